The van der Waals surface area contributed by atoms with Crippen molar-refractivity contribution >= 4 is 0 Å². The molecular weight excluding hydrogens is 254 g/mol. The molecule has 2 aromatic rings. The van der Waals surface area contributed by atoms with Gasteiger partial charge in [-0.05, 0) is 19.4 Å². The van der Waals surface area contributed by atoms with Gasteiger partial charge in [-0.1, -0.05) is 35.5 Å². The Morgan fingerprint density at radius 2 is 2.05 bits per heavy atom. The lowest BCUT2D eigenvalue weighted by atomic mass is 9.84. The van der Waals surface area contributed by atoms with Crippen LogP contribution in [0.4, 0.5) is 0 Å². The summed E-state index contributed by atoms with van der Waals surface area (Å²) in [6.07, 6.45) is 0. The fraction of sp³-hybridized carbons (Fsp3) is 0.467. The van der Waals surface area contributed by atoms with Gasteiger partial charge < -0.3 is 14.6 Å². The van der Waals surface area contributed by atoms with Gasteiger partial charge in [0.15, 0.2) is 5.82 Å². The maximum absolute atomic E-state index is 5.48. The molecule has 1 aromatic heterocycles. The molecule has 3 rings (SSSR count). The first-order chi connectivity index (χ1) is 9.68. The third kappa shape index (κ3) is 2.46. The Balaban J connectivity index is 1.85. The van der Waals surface area contributed by atoms with Gasteiger partial charge in [0, 0.05) is 6.54 Å². The highest BCUT2D eigenvalue weighted by Gasteiger charge is 2.31. The Labute approximate surface area is 118 Å². The smallest absolute Gasteiger partial charge is 0.236 e. The highest BCUT2D eigenvalue weighted by Crippen LogP contribution is 2.30. The molecule has 0 aliphatic carbocycles. The minimum Gasteiger partial charge on any atom is -0.378 e. The zero-order valence-electron chi connectivity index (χ0n) is 11.8. The standard InChI is InChI=1S/C15H19N3O2/c1-15(2,11-6-4-3-5-7-11)14-17-13(18-20-14)12-10-19-9-8-16-12/h3-7,12,16H,8-10H2,1-2H3/t12-/m1/s1. The number of ether oxygens (including phenoxy) is 1. The molecule has 5 heteroatoms. The highest BCUT2D eigenvalue weighted by molar-refractivity contribution is 5.29. The van der Waals surface area contributed by atoms with E-state index in [1.54, 1.807) is 0 Å². The van der Waals surface area contributed by atoms with E-state index in [0.29, 0.717) is 18.3 Å². The largest absolute Gasteiger partial charge is 0.378 e. The Kier molecular flexibility index (Phi) is 3.54. The quantitative estimate of drug-likeness (QED) is 0.927. The average Bonchev–Trinajstić information content (AvgIpc) is 3.00. The fourth-order valence-corrected chi connectivity index (χ4v) is 2.34. The van der Waals surface area contributed by atoms with E-state index in [0.717, 1.165) is 18.7 Å². The summed E-state index contributed by atoms with van der Waals surface area (Å²) in [5.74, 6) is 1.30. The van der Waals surface area contributed by atoms with Gasteiger partial charge >= 0.3 is 0 Å². The predicted octanol–water partition coefficient (Wildman–Crippen LogP) is 2.06. The molecule has 0 amide bonds. The third-order valence-electron chi connectivity index (χ3n) is 3.71. The molecule has 1 N–H and O–H groups in total. The summed E-state index contributed by atoms with van der Waals surface area (Å²) >= 11 is 0. The Hall–Kier alpha value is -1.72. The van der Waals surface area contributed by atoms with Crippen molar-refractivity contribution < 1.29 is 9.26 Å². The van der Waals surface area contributed by atoms with Gasteiger partial charge in [0.2, 0.25) is 5.89 Å². The zero-order chi connectivity index (χ0) is 14.0. The van der Waals surface area contributed by atoms with Crippen molar-refractivity contribution in [2.24, 2.45) is 0 Å². The van der Waals surface area contributed by atoms with Gasteiger partial charge in [-0.2, -0.15) is 4.98 Å². The second kappa shape index (κ2) is 5.34. The third-order valence-corrected chi connectivity index (χ3v) is 3.71. The van der Waals surface area contributed by atoms with Crippen molar-refractivity contribution in [1.82, 2.24) is 15.5 Å². The normalized spacial score (nSPS) is 20.0. The molecule has 1 fully saturated rings. The van der Waals surface area contributed by atoms with Crippen LogP contribution in [0.1, 0.15) is 37.2 Å². The second-order valence-electron chi connectivity index (χ2n) is 5.53. The summed E-state index contributed by atoms with van der Waals surface area (Å²) in [6.45, 7) is 6.31. The van der Waals surface area contributed by atoms with Crippen LogP contribution in [0, 0.1) is 0 Å². The van der Waals surface area contributed by atoms with E-state index in [1.807, 2.05) is 18.2 Å². The van der Waals surface area contributed by atoms with Gasteiger partial charge in [0.25, 0.3) is 0 Å². The predicted molar refractivity (Wildman–Crippen MR) is 74.4 cm³/mol. The van der Waals surface area contributed by atoms with Crippen molar-refractivity contribution in [3.8, 4) is 0 Å². The van der Waals surface area contributed by atoms with E-state index in [-0.39, 0.29) is 11.5 Å². The Morgan fingerprint density at radius 3 is 2.75 bits per heavy atom. The molecule has 20 heavy (non-hydrogen) atoms. The molecule has 2 heterocycles. The summed E-state index contributed by atoms with van der Waals surface area (Å²) in [6, 6.07) is 10.2. The number of aromatic nitrogens is 2. The number of nitrogens with zero attached hydrogens (tertiary/aromatic N) is 2. The van der Waals surface area contributed by atoms with Crippen molar-refractivity contribution in [2.75, 3.05) is 19.8 Å². The van der Waals surface area contributed by atoms with Crippen LogP contribution in [0.25, 0.3) is 0 Å². The van der Waals surface area contributed by atoms with Crippen molar-refractivity contribution in [1.29, 1.82) is 0 Å². The van der Waals surface area contributed by atoms with Gasteiger partial charge in [-0.25, -0.2) is 0 Å². The lowest BCUT2D eigenvalue weighted by Crippen LogP contribution is -2.35. The van der Waals surface area contributed by atoms with E-state index in [2.05, 4.69) is 41.4 Å². The lowest BCUT2D eigenvalue weighted by molar-refractivity contribution is 0.0734. The summed E-state index contributed by atoms with van der Waals surface area (Å²) in [5.41, 5.74) is 0.852. The van der Waals surface area contributed by atoms with Crippen molar-refractivity contribution in [2.45, 2.75) is 25.3 Å². The van der Waals surface area contributed by atoms with Crippen molar-refractivity contribution in [3.05, 3.63) is 47.6 Å². The summed E-state index contributed by atoms with van der Waals surface area (Å²) in [7, 11) is 0. The molecular formula is C15H19N3O2. The van der Waals surface area contributed by atoms with Gasteiger partial charge in [0.05, 0.1) is 24.7 Å². The molecule has 0 spiro atoms. The van der Waals surface area contributed by atoms with Gasteiger partial charge in [-0.3, -0.25) is 0 Å². The molecule has 1 atom stereocenters. The average molecular weight is 273 g/mol. The topological polar surface area (TPSA) is 60.2 Å². The number of benzene rings is 1. The molecule has 1 aliphatic rings. The maximum Gasteiger partial charge on any atom is 0.236 e. The Morgan fingerprint density at radius 1 is 1.25 bits per heavy atom. The van der Waals surface area contributed by atoms with E-state index in [9.17, 15) is 0 Å². The van der Waals surface area contributed by atoms with E-state index in [4.69, 9.17) is 9.26 Å². The van der Waals surface area contributed by atoms with Crippen LogP contribution in [0.15, 0.2) is 34.9 Å². The molecule has 1 aliphatic heterocycles. The van der Waals surface area contributed by atoms with Crippen molar-refractivity contribution in [3.63, 3.8) is 0 Å². The number of rotatable bonds is 3. The van der Waals surface area contributed by atoms with Crippen LogP contribution in [-0.2, 0) is 10.2 Å². The first-order valence-corrected chi connectivity index (χ1v) is 6.88. The summed E-state index contributed by atoms with van der Waals surface area (Å²) < 4.78 is 10.9. The lowest BCUT2D eigenvalue weighted by Gasteiger charge is -2.21. The molecule has 106 valence electrons. The number of nitrogens with one attached hydrogen (secondary N) is 1. The maximum atomic E-state index is 5.48. The summed E-state index contributed by atoms with van der Waals surface area (Å²) in [5, 5.41) is 7.43. The monoisotopic (exact) mass is 273 g/mol. The van der Waals surface area contributed by atoms with Crippen LogP contribution in [0.5, 0.6) is 0 Å². The Bertz CT molecular complexity index is 560. The minimum absolute atomic E-state index is 0.0211. The SMILES string of the molecule is CC(C)(c1ccccc1)c1nc([C@H]2COCCN2)no1. The fourth-order valence-electron chi connectivity index (χ4n) is 2.34. The molecule has 0 unspecified atom stereocenters. The zero-order valence-corrected chi connectivity index (χ0v) is 11.8. The molecule has 0 bridgehead atoms. The molecule has 5 nitrogen and oxygen atoms in total. The van der Waals surface area contributed by atoms with Crippen LogP contribution in [-0.4, -0.2) is 29.9 Å². The van der Waals surface area contributed by atoms with Gasteiger partial charge in [0.1, 0.15) is 0 Å². The number of hydrogen-bond donors (Lipinski definition) is 1. The van der Waals surface area contributed by atoms with E-state index < -0.39 is 0 Å². The molecule has 0 saturated carbocycles. The number of morpholine rings is 1. The van der Waals surface area contributed by atoms with Gasteiger partial charge in [-0.15, -0.1) is 0 Å². The molecule has 1 aromatic carbocycles. The number of hydrogen-bond acceptors (Lipinski definition) is 5. The van der Waals surface area contributed by atoms with Crippen LogP contribution >= 0.6 is 0 Å². The first-order valence-electron chi connectivity index (χ1n) is 6.88. The molecule has 0 radical (unpaired) electrons. The molecule has 1 saturated heterocycles. The minimum atomic E-state index is -0.304. The van der Waals surface area contributed by atoms with E-state index >= 15 is 0 Å². The van der Waals surface area contributed by atoms with Crippen LogP contribution in [0.3, 0.4) is 0 Å². The second-order valence-corrected chi connectivity index (χ2v) is 5.53. The first kappa shape index (κ1) is 13.3. The van der Waals surface area contributed by atoms with E-state index in [1.165, 1.54) is 0 Å². The summed E-state index contributed by atoms with van der Waals surface area (Å²) in [4.78, 5) is 4.56. The van der Waals surface area contributed by atoms with Crippen LogP contribution < -0.4 is 5.32 Å². The van der Waals surface area contributed by atoms with Crippen LogP contribution in [0.2, 0.25) is 0 Å². The highest BCUT2D eigenvalue weighted by atomic mass is 16.5.